The average Bonchev–Trinajstić information content (AvgIpc) is 2.80. The maximum Gasteiger partial charge on any atom is 0.343 e. The van der Waals surface area contributed by atoms with Crippen LogP contribution >= 0.6 is 0 Å². The molecule has 0 radical (unpaired) electrons. The van der Waals surface area contributed by atoms with E-state index >= 15 is 0 Å². The van der Waals surface area contributed by atoms with Gasteiger partial charge < -0.3 is 18.9 Å². The van der Waals surface area contributed by atoms with Gasteiger partial charge in [-0.15, -0.1) is 6.58 Å². The summed E-state index contributed by atoms with van der Waals surface area (Å²) >= 11 is 0. The van der Waals surface area contributed by atoms with Gasteiger partial charge in [0.15, 0.2) is 0 Å². The van der Waals surface area contributed by atoms with Crippen LogP contribution in [0.15, 0.2) is 55.1 Å². The molecule has 2 aromatic carbocycles. The minimum atomic E-state index is -0.537. The molecule has 0 atom stereocenters. The van der Waals surface area contributed by atoms with E-state index in [2.05, 4.69) is 20.4 Å². The molecule has 0 unspecified atom stereocenters. The molecule has 0 heterocycles. The van der Waals surface area contributed by atoms with E-state index in [-0.39, 0.29) is 17.9 Å². The molecule has 0 saturated heterocycles. The topological polar surface area (TPSA) is 71.1 Å². The molecule has 0 aliphatic carbocycles. The number of benzene rings is 2. The van der Waals surface area contributed by atoms with Crippen LogP contribution in [0.1, 0.15) is 66.7 Å². The fourth-order valence-corrected chi connectivity index (χ4v) is 2.68. The molecular weight excluding hydrogens is 408 g/mol. The number of hydrogen-bond donors (Lipinski definition) is 0. The molecule has 0 bridgehead atoms. The predicted octanol–water partition coefficient (Wildman–Crippen LogP) is 6.00. The first-order valence-corrected chi connectivity index (χ1v) is 11.1. The van der Waals surface area contributed by atoms with Crippen molar-refractivity contribution in [2.45, 2.75) is 46.0 Å². The number of esters is 2. The Morgan fingerprint density at radius 3 is 2.16 bits per heavy atom. The molecular formula is C26H32O6. The summed E-state index contributed by atoms with van der Waals surface area (Å²) in [6.45, 7) is 9.10. The van der Waals surface area contributed by atoms with Gasteiger partial charge in [0, 0.05) is 0 Å². The third-order valence-electron chi connectivity index (χ3n) is 4.55. The van der Waals surface area contributed by atoms with E-state index in [1.807, 2.05) is 0 Å². The summed E-state index contributed by atoms with van der Waals surface area (Å²) in [5.74, 6) is 0.265. The lowest BCUT2D eigenvalue weighted by molar-refractivity contribution is 0.0505. The quantitative estimate of drug-likeness (QED) is 0.155. The van der Waals surface area contributed by atoms with Gasteiger partial charge in [0.2, 0.25) is 0 Å². The van der Waals surface area contributed by atoms with Crippen LogP contribution in [0.25, 0.3) is 0 Å². The van der Waals surface area contributed by atoms with Crippen LogP contribution in [0, 0.1) is 0 Å². The number of ether oxygens (including phenoxy) is 4. The number of carbonyl (C=O) groups excluding carboxylic acids is 2. The maximum atomic E-state index is 12.6. The van der Waals surface area contributed by atoms with Crippen molar-refractivity contribution in [1.82, 2.24) is 0 Å². The minimum Gasteiger partial charge on any atom is -0.494 e. The zero-order valence-corrected chi connectivity index (χ0v) is 18.9. The highest BCUT2D eigenvalue weighted by molar-refractivity contribution is 5.94. The van der Waals surface area contributed by atoms with E-state index in [9.17, 15) is 9.59 Å². The molecule has 0 aliphatic rings. The van der Waals surface area contributed by atoms with Gasteiger partial charge in [0.25, 0.3) is 0 Å². The second kappa shape index (κ2) is 13.9. The summed E-state index contributed by atoms with van der Waals surface area (Å²) in [7, 11) is 0. The van der Waals surface area contributed by atoms with Gasteiger partial charge in [-0.2, -0.15) is 0 Å². The Morgan fingerprint density at radius 2 is 1.50 bits per heavy atom. The van der Waals surface area contributed by atoms with Crippen molar-refractivity contribution in [1.29, 1.82) is 0 Å². The Morgan fingerprint density at radius 1 is 0.844 bits per heavy atom. The average molecular weight is 441 g/mol. The van der Waals surface area contributed by atoms with E-state index < -0.39 is 11.9 Å². The van der Waals surface area contributed by atoms with Crippen LogP contribution in [0.5, 0.6) is 17.2 Å². The molecule has 6 nitrogen and oxygen atoms in total. The molecule has 0 amide bonds. The standard InChI is InChI=1S/C26H32O6/c1-4-7-16-29-21-12-10-20(11-13-21)25(27)32-22-14-15-24(30-17-8-5-2)23(19-22)26(28)31-18-9-6-3/h6,10-15,19H,3-5,7-9,16-18H2,1-2H3. The maximum absolute atomic E-state index is 12.6. The van der Waals surface area contributed by atoms with Gasteiger partial charge >= 0.3 is 11.9 Å². The summed E-state index contributed by atoms with van der Waals surface area (Å²) in [6.07, 6.45) is 6.07. The van der Waals surface area contributed by atoms with Crippen molar-refractivity contribution in [3.8, 4) is 17.2 Å². The van der Waals surface area contributed by atoms with Crippen molar-refractivity contribution in [2.24, 2.45) is 0 Å². The summed E-state index contributed by atoms with van der Waals surface area (Å²) in [4.78, 5) is 25.1. The number of unbranched alkanes of at least 4 members (excludes halogenated alkanes) is 2. The zero-order chi connectivity index (χ0) is 23.2. The molecule has 0 N–H and O–H groups in total. The van der Waals surface area contributed by atoms with Crippen molar-refractivity contribution in [2.75, 3.05) is 19.8 Å². The Kier molecular flexibility index (Phi) is 10.9. The minimum absolute atomic E-state index is 0.216. The third-order valence-corrected chi connectivity index (χ3v) is 4.55. The smallest absolute Gasteiger partial charge is 0.343 e. The largest absolute Gasteiger partial charge is 0.494 e. The predicted molar refractivity (Wildman–Crippen MR) is 124 cm³/mol. The fourth-order valence-electron chi connectivity index (χ4n) is 2.68. The van der Waals surface area contributed by atoms with E-state index in [1.165, 1.54) is 6.07 Å². The Labute approximate surface area is 190 Å². The third kappa shape index (κ3) is 8.10. The van der Waals surface area contributed by atoms with E-state index in [0.717, 1.165) is 25.7 Å². The molecule has 172 valence electrons. The first-order valence-electron chi connectivity index (χ1n) is 11.1. The van der Waals surface area contributed by atoms with Gasteiger partial charge in [0.05, 0.1) is 25.4 Å². The van der Waals surface area contributed by atoms with Crippen LogP contribution in [0.3, 0.4) is 0 Å². The lowest BCUT2D eigenvalue weighted by Gasteiger charge is -2.13. The highest BCUT2D eigenvalue weighted by atomic mass is 16.5. The van der Waals surface area contributed by atoms with Gasteiger partial charge in [-0.25, -0.2) is 9.59 Å². The monoisotopic (exact) mass is 440 g/mol. The molecule has 32 heavy (non-hydrogen) atoms. The summed E-state index contributed by atoms with van der Waals surface area (Å²) < 4.78 is 22.1. The fraction of sp³-hybridized carbons (Fsp3) is 0.385. The number of carbonyl (C=O) groups is 2. The first-order chi connectivity index (χ1) is 15.6. The lowest BCUT2D eigenvalue weighted by atomic mass is 10.2. The van der Waals surface area contributed by atoms with Crippen molar-refractivity contribution in [3.63, 3.8) is 0 Å². The highest BCUT2D eigenvalue weighted by Gasteiger charge is 2.17. The van der Waals surface area contributed by atoms with Gasteiger partial charge in [-0.1, -0.05) is 32.8 Å². The van der Waals surface area contributed by atoms with Crippen molar-refractivity contribution < 1.29 is 28.5 Å². The molecule has 2 aromatic rings. The Bertz CT molecular complexity index is 872. The van der Waals surface area contributed by atoms with Crippen LogP contribution in [-0.4, -0.2) is 31.8 Å². The summed E-state index contributed by atoms with van der Waals surface area (Å²) in [6, 6.07) is 11.5. The normalized spacial score (nSPS) is 10.3. The Balaban J connectivity index is 2.10. The van der Waals surface area contributed by atoms with Crippen LogP contribution in [-0.2, 0) is 4.74 Å². The molecule has 2 rings (SSSR count). The van der Waals surface area contributed by atoms with Gasteiger partial charge in [0.1, 0.15) is 22.8 Å². The van der Waals surface area contributed by atoms with Gasteiger partial charge in [-0.05, 0) is 61.7 Å². The highest BCUT2D eigenvalue weighted by Crippen LogP contribution is 2.26. The van der Waals surface area contributed by atoms with Crippen LogP contribution in [0.2, 0.25) is 0 Å². The van der Waals surface area contributed by atoms with Crippen LogP contribution < -0.4 is 14.2 Å². The van der Waals surface area contributed by atoms with E-state index in [0.29, 0.717) is 36.7 Å². The summed E-state index contributed by atoms with van der Waals surface area (Å²) in [5, 5.41) is 0. The number of hydrogen-bond acceptors (Lipinski definition) is 6. The first kappa shape index (κ1) is 25.0. The van der Waals surface area contributed by atoms with Crippen molar-refractivity contribution in [3.05, 3.63) is 66.2 Å². The Hall–Kier alpha value is -3.28. The summed E-state index contributed by atoms with van der Waals surface area (Å²) in [5.41, 5.74) is 0.598. The van der Waals surface area contributed by atoms with Gasteiger partial charge in [-0.3, -0.25) is 0 Å². The second-order valence-corrected chi connectivity index (χ2v) is 7.19. The molecule has 0 aromatic heterocycles. The van der Waals surface area contributed by atoms with E-state index in [1.54, 1.807) is 42.5 Å². The zero-order valence-electron chi connectivity index (χ0n) is 18.9. The molecule has 0 aliphatic heterocycles. The van der Waals surface area contributed by atoms with E-state index in [4.69, 9.17) is 18.9 Å². The molecule has 6 heteroatoms. The van der Waals surface area contributed by atoms with Crippen molar-refractivity contribution >= 4 is 11.9 Å². The molecule has 0 saturated carbocycles. The lowest BCUT2D eigenvalue weighted by Crippen LogP contribution is -2.12. The number of rotatable bonds is 14. The van der Waals surface area contributed by atoms with Crippen LogP contribution in [0.4, 0.5) is 0 Å². The molecule has 0 fully saturated rings. The second-order valence-electron chi connectivity index (χ2n) is 7.19. The SMILES string of the molecule is C=CCCOC(=O)c1cc(OC(=O)c2ccc(OCCCC)cc2)ccc1OCCCC. The molecule has 0 spiro atoms.